The van der Waals surface area contributed by atoms with Crippen molar-refractivity contribution in [2.75, 3.05) is 5.32 Å². The number of H-pyrrole nitrogens is 1. The molecule has 1 unspecified atom stereocenters. The number of nitrogens with zero attached hydrogens (tertiary/aromatic N) is 3. The molecule has 0 aliphatic heterocycles. The fourth-order valence-corrected chi connectivity index (χ4v) is 4.86. The maximum Gasteiger partial charge on any atom is 0.413 e. The van der Waals surface area contributed by atoms with E-state index in [-0.39, 0.29) is 17.8 Å². The summed E-state index contributed by atoms with van der Waals surface area (Å²) in [7, 11) is 0. The van der Waals surface area contributed by atoms with Gasteiger partial charge in [0, 0.05) is 23.5 Å². The average molecular weight is 519 g/mol. The van der Waals surface area contributed by atoms with E-state index >= 15 is 0 Å². The van der Waals surface area contributed by atoms with Gasteiger partial charge in [0.15, 0.2) is 0 Å². The van der Waals surface area contributed by atoms with E-state index in [9.17, 15) is 9.59 Å². The Labute approximate surface area is 224 Å². The number of benzene rings is 2. The maximum atomic E-state index is 13.5. The van der Waals surface area contributed by atoms with Crippen molar-refractivity contribution in [3.63, 3.8) is 0 Å². The van der Waals surface area contributed by atoms with Crippen molar-refractivity contribution in [1.82, 2.24) is 25.3 Å². The molecular weight excluding hydrogens is 492 g/mol. The molecule has 194 valence electrons. The summed E-state index contributed by atoms with van der Waals surface area (Å²) >= 11 is 0. The summed E-state index contributed by atoms with van der Waals surface area (Å²) in [5, 5.41) is 5.77. The Kier molecular flexibility index (Phi) is 5.83. The molecule has 0 spiro atoms. The van der Waals surface area contributed by atoms with Crippen LogP contribution in [0.5, 0.6) is 0 Å². The normalized spacial score (nSPS) is 14.0. The molecule has 0 radical (unpaired) electrons. The first-order valence-corrected chi connectivity index (χ1v) is 12.6. The molecule has 1 atom stereocenters. The van der Waals surface area contributed by atoms with Crippen LogP contribution >= 0.6 is 0 Å². The number of rotatable bonds is 4. The van der Waals surface area contributed by atoms with E-state index in [0.717, 1.165) is 44.7 Å². The monoisotopic (exact) mass is 518 g/mol. The van der Waals surface area contributed by atoms with Gasteiger partial charge in [-0.2, -0.15) is 0 Å². The number of hydrogen-bond donors (Lipinski definition) is 3. The predicted octanol–water partition coefficient (Wildman–Crippen LogP) is 5.87. The zero-order valence-corrected chi connectivity index (χ0v) is 21.6. The zero-order valence-electron chi connectivity index (χ0n) is 21.6. The topological polar surface area (TPSA) is 122 Å². The molecule has 9 heteroatoms. The Morgan fingerprint density at radius 1 is 0.949 bits per heavy atom. The molecule has 9 nitrogen and oxygen atoms in total. The van der Waals surface area contributed by atoms with Crippen LogP contribution in [0.3, 0.4) is 0 Å². The largest absolute Gasteiger partial charge is 0.444 e. The van der Waals surface area contributed by atoms with Crippen molar-refractivity contribution in [2.24, 2.45) is 0 Å². The first kappa shape index (κ1) is 24.3. The van der Waals surface area contributed by atoms with Gasteiger partial charge in [0.1, 0.15) is 17.2 Å². The molecule has 3 heterocycles. The molecule has 39 heavy (non-hydrogen) atoms. The molecule has 3 N–H and O–H groups in total. The van der Waals surface area contributed by atoms with Crippen molar-refractivity contribution < 1.29 is 14.3 Å². The standard InChI is InChI=1S/C30H26N6O3/c1-30(2,3)39-29(38)35-24-15-17(11-14-32-24)28(37)36-26-19-8-5-4-7-18(19)25-20(26)9-6-10-21(25)27-33-22-12-13-31-16-23(22)34-27/h4-16,26H,1-3H3,(H,33,34)(H,36,37)(H,32,35,38). The van der Waals surface area contributed by atoms with Crippen molar-refractivity contribution in [2.45, 2.75) is 32.4 Å². The Morgan fingerprint density at radius 3 is 2.56 bits per heavy atom. The first-order chi connectivity index (χ1) is 18.8. The molecule has 1 aliphatic rings. The van der Waals surface area contributed by atoms with Crippen molar-refractivity contribution in [1.29, 1.82) is 0 Å². The number of ether oxygens (including phenoxy) is 1. The smallest absolute Gasteiger partial charge is 0.413 e. The second-order valence-electron chi connectivity index (χ2n) is 10.3. The molecule has 5 aromatic rings. The molecule has 6 rings (SSSR count). The number of hydrogen-bond acceptors (Lipinski definition) is 6. The average Bonchev–Trinajstić information content (AvgIpc) is 3.47. The second kappa shape index (κ2) is 9.36. The van der Waals surface area contributed by atoms with Crippen LogP contribution in [0, 0.1) is 0 Å². The summed E-state index contributed by atoms with van der Waals surface area (Å²) in [6, 6.07) is 18.7. The number of aromatic nitrogens is 4. The van der Waals surface area contributed by atoms with E-state index in [1.807, 2.05) is 42.5 Å². The highest BCUT2D eigenvalue weighted by atomic mass is 16.6. The molecular formula is C30H26N6O3. The van der Waals surface area contributed by atoms with Crippen LogP contribution in [-0.2, 0) is 4.74 Å². The van der Waals surface area contributed by atoms with Gasteiger partial charge in [-0.1, -0.05) is 42.5 Å². The number of aromatic amines is 1. The van der Waals surface area contributed by atoms with Crippen molar-refractivity contribution >= 4 is 28.9 Å². The SMILES string of the molecule is CC(C)(C)OC(=O)Nc1cc(C(=O)NC2c3ccccc3-c3c(-c4nc5ccncc5[nH]4)cccc32)ccn1. The Hall–Kier alpha value is -5.05. The summed E-state index contributed by atoms with van der Waals surface area (Å²) < 4.78 is 5.29. The Morgan fingerprint density at radius 2 is 1.74 bits per heavy atom. The van der Waals surface area contributed by atoms with Crippen LogP contribution in [0.2, 0.25) is 0 Å². The van der Waals surface area contributed by atoms with E-state index in [1.165, 1.54) is 12.3 Å². The van der Waals surface area contributed by atoms with Gasteiger partial charge in [-0.05, 0) is 61.2 Å². The van der Waals surface area contributed by atoms with Gasteiger partial charge in [-0.3, -0.25) is 15.1 Å². The lowest BCUT2D eigenvalue weighted by Crippen LogP contribution is -2.29. The highest BCUT2D eigenvalue weighted by molar-refractivity contribution is 5.98. The van der Waals surface area contributed by atoms with Gasteiger partial charge in [0.2, 0.25) is 0 Å². The zero-order chi connectivity index (χ0) is 27.1. The van der Waals surface area contributed by atoms with Gasteiger partial charge in [-0.25, -0.2) is 14.8 Å². The highest BCUT2D eigenvalue weighted by Crippen LogP contribution is 2.47. The van der Waals surface area contributed by atoms with E-state index in [2.05, 4.69) is 31.7 Å². The third-order valence-electron chi connectivity index (χ3n) is 6.41. The van der Waals surface area contributed by atoms with Crippen LogP contribution in [0.25, 0.3) is 33.5 Å². The summed E-state index contributed by atoms with van der Waals surface area (Å²) in [5.41, 5.74) is 6.37. The number of carbonyl (C=O) groups excluding carboxylic acids is 2. The van der Waals surface area contributed by atoms with Gasteiger partial charge in [0.25, 0.3) is 5.91 Å². The molecule has 0 saturated carbocycles. The summed E-state index contributed by atoms with van der Waals surface area (Å²) in [6.45, 7) is 5.33. The van der Waals surface area contributed by atoms with Crippen molar-refractivity contribution in [3.05, 3.63) is 95.9 Å². The van der Waals surface area contributed by atoms with Crippen LogP contribution in [0.15, 0.2) is 79.3 Å². The fraction of sp³-hybridized carbons (Fsp3) is 0.167. The molecule has 2 aromatic carbocycles. The molecule has 0 fully saturated rings. The second-order valence-corrected chi connectivity index (χ2v) is 10.3. The number of carbonyl (C=O) groups is 2. The number of anilines is 1. The third-order valence-corrected chi connectivity index (χ3v) is 6.41. The minimum Gasteiger partial charge on any atom is -0.444 e. The molecule has 1 aliphatic carbocycles. The lowest BCUT2D eigenvalue weighted by Gasteiger charge is -2.19. The van der Waals surface area contributed by atoms with Gasteiger partial charge >= 0.3 is 6.09 Å². The number of imidazole rings is 1. The highest BCUT2D eigenvalue weighted by Gasteiger charge is 2.32. The quantitative estimate of drug-likeness (QED) is 0.274. The van der Waals surface area contributed by atoms with Crippen LogP contribution in [0.4, 0.5) is 10.6 Å². The number of fused-ring (bicyclic) bond motifs is 4. The predicted molar refractivity (Wildman–Crippen MR) is 148 cm³/mol. The molecule has 0 saturated heterocycles. The summed E-state index contributed by atoms with van der Waals surface area (Å²) in [4.78, 5) is 42.1. The van der Waals surface area contributed by atoms with Crippen molar-refractivity contribution in [3.8, 4) is 22.5 Å². The fourth-order valence-electron chi connectivity index (χ4n) is 4.86. The molecule has 2 amide bonds. The van der Waals surface area contributed by atoms with E-state index in [4.69, 9.17) is 9.72 Å². The van der Waals surface area contributed by atoms with E-state index in [1.54, 1.807) is 39.2 Å². The van der Waals surface area contributed by atoms with Gasteiger partial charge in [-0.15, -0.1) is 0 Å². The number of nitrogens with one attached hydrogen (secondary N) is 3. The van der Waals surface area contributed by atoms with Gasteiger partial charge < -0.3 is 15.0 Å². The first-order valence-electron chi connectivity index (χ1n) is 12.6. The lowest BCUT2D eigenvalue weighted by molar-refractivity contribution is 0.0635. The number of pyridine rings is 2. The van der Waals surface area contributed by atoms with Crippen LogP contribution < -0.4 is 10.6 Å². The summed E-state index contributed by atoms with van der Waals surface area (Å²) in [6.07, 6.45) is 4.32. The maximum absolute atomic E-state index is 13.5. The minimum atomic E-state index is -0.652. The lowest BCUT2D eigenvalue weighted by atomic mass is 9.98. The molecule has 3 aromatic heterocycles. The molecule has 0 bridgehead atoms. The van der Waals surface area contributed by atoms with Crippen LogP contribution in [-0.4, -0.2) is 37.5 Å². The van der Waals surface area contributed by atoms with Gasteiger partial charge in [0.05, 0.1) is 23.3 Å². The number of amides is 2. The Bertz CT molecular complexity index is 1700. The Balaban J connectivity index is 1.32. The van der Waals surface area contributed by atoms with E-state index in [0.29, 0.717) is 5.56 Å². The summed E-state index contributed by atoms with van der Waals surface area (Å²) in [5.74, 6) is 0.673. The van der Waals surface area contributed by atoms with Crippen LogP contribution in [0.1, 0.15) is 48.3 Å². The third kappa shape index (κ3) is 4.70. The minimum absolute atomic E-state index is 0.228. The van der Waals surface area contributed by atoms with E-state index < -0.39 is 11.7 Å².